The van der Waals surface area contributed by atoms with Crippen molar-refractivity contribution in [1.29, 1.82) is 0 Å². The van der Waals surface area contributed by atoms with Gasteiger partial charge in [0.2, 0.25) is 0 Å². The van der Waals surface area contributed by atoms with E-state index in [4.69, 9.17) is 4.74 Å². The molecule has 1 saturated carbocycles. The summed E-state index contributed by atoms with van der Waals surface area (Å²) in [5.74, 6) is 2.46. The summed E-state index contributed by atoms with van der Waals surface area (Å²) in [7, 11) is 3.92. The molecular weight excluding hydrogens is 454 g/mol. The van der Waals surface area contributed by atoms with E-state index in [2.05, 4.69) is 38.6 Å². The number of piperidine rings is 1. The number of fused-ring (bicyclic) bond motifs is 1. The van der Waals surface area contributed by atoms with Gasteiger partial charge in [0.05, 0.1) is 11.7 Å². The number of urea groups is 1. The predicted molar refractivity (Wildman–Crippen MR) is 142 cm³/mol. The van der Waals surface area contributed by atoms with Gasteiger partial charge in [0.25, 0.3) is 0 Å². The number of aryl methyl sites for hydroxylation is 1. The molecule has 0 spiro atoms. The highest BCUT2D eigenvalue weighted by molar-refractivity contribution is 5.91. The first kappa shape index (κ1) is 24.1. The minimum absolute atomic E-state index is 0.0812. The Balaban J connectivity index is 1.20. The molecule has 1 aliphatic heterocycles. The number of benzene rings is 1. The maximum atomic E-state index is 12.5. The number of rotatable bonds is 6. The smallest absolute Gasteiger partial charge is 0.317 e. The number of carbonyl (C=O) groups is 1. The van der Waals surface area contributed by atoms with Gasteiger partial charge in [-0.1, -0.05) is 12.8 Å². The predicted octanol–water partition coefficient (Wildman–Crippen LogP) is 4.64. The van der Waals surface area contributed by atoms with E-state index < -0.39 is 0 Å². The van der Waals surface area contributed by atoms with Gasteiger partial charge in [0, 0.05) is 57.1 Å². The lowest BCUT2D eigenvalue weighted by molar-refractivity contribution is 0.109. The fourth-order valence-corrected chi connectivity index (χ4v) is 4.98. The molecule has 0 bridgehead atoms. The topological polar surface area (TPSA) is 95.5 Å². The van der Waals surface area contributed by atoms with E-state index in [-0.39, 0.29) is 12.1 Å². The minimum Gasteiger partial charge on any atom is -0.490 e. The first-order valence-electron chi connectivity index (χ1n) is 12.8. The van der Waals surface area contributed by atoms with Crippen LogP contribution in [0.1, 0.15) is 44.1 Å². The van der Waals surface area contributed by atoms with Gasteiger partial charge >= 0.3 is 6.03 Å². The molecule has 3 aromatic rings. The molecule has 9 nitrogen and oxygen atoms in total. The average Bonchev–Trinajstić information content (AvgIpc) is 3.39. The first-order chi connectivity index (χ1) is 17.5. The number of hydrogen-bond donors (Lipinski definition) is 2. The molecular formula is C27H35N7O2. The summed E-state index contributed by atoms with van der Waals surface area (Å²) in [4.78, 5) is 29.7. The fraction of sp³-hybridized carbons (Fsp3) is 0.481. The van der Waals surface area contributed by atoms with Crippen LogP contribution in [0.15, 0.2) is 36.8 Å². The molecule has 0 atom stereocenters. The highest BCUT2D eigenvalue weighted by Gasteiger charge is 2.26. The number of pyridine rings is 1. The lowest BCUT2D eigenvalue weighted by Gasteiger charge is -2.33. The van der Waals surface area contributed by atoms with Gasteiger partial charge in [-0.05, 0) is 49.6 Å². The highest BCUT2D eigenvalue weighted by atomic mass is 16.5. The number of likely N-dealkylation sites (tertiary alicyclic amines) is 1. The summed E-state index contributed by atoms with van der Waals surface area (Å²) in [6.07, 6.45) is 9.77. The van der Waals surface area contributed by atoms with Crippen molar-refractivity contribution in [3.8, 4) is 5.75 Å². The van der Waals surface area contributed by atoms with Crippen molar-refractivity contribution in [2.24, 2.45) is 0 Å². The zero-order valence-electron chi connectivity index (χ0n) is 21.3. The SMILES string of the molecule is Cc1cc(Nc2ncnc3cnc(N(C)C)cc23)ccc1OC1CCN(C(=O)NC2CCCC2)CC1. The Morgan fingerprint density at radius 3 is 2.56 bits per heavy atom. The summed E-state index contributed by atoms with van der Waals surface area (Å²) < 4.78 is 6.34. The van der Waals surface area contributed by atoms with Crippen LogP contribution in [0, 0.1) is 6.92 Å². The van der Waals surface area contributed by atoms with Gasteiger partial charge in [0.1, 0.15) is 29.8 Å². The van der Waals surface area contributed by atoms with Crippen molar-refractivity contribution in [2.75, 3.05) is 37.4 Å². The fourth-order valence-electron chi connectivity index (χ4n) is 4.98. The van der Waals surface area contributed by atoms with E-state index in [1.54, 1.807) is 12.5 Å². The van der Waals surface area contributed by atoms with E-state index >= 15 is 0 Å². The Morgan fingerprint density at radius 2 is 1.83 bits per heavy atom. The Kier molecular flexibility index (Phi) is 7.06. The van der Waals surface area contributed by atoms with Crippen molar-refractivity contribution in [1.82, 2.24) is 25.2 Å². The van der Waals surface area contributed by atoms with E-state index in [1.807, 2.05) is 42.1 Å². The largest absolute Gasteiger partial charge is 0.490 e. The molecule has 2 N–H and O–H groups in total. The second-order valence-electron chi connectivity index (χ2n) is 10.0. The van der Waals surface area contributed by atoms with E-state index in [9.17, 15) is 4.79 Å². The first-order valence-corrected chi connectivity index (χ1v) is 12.8. The Hall–Kier alpha value is -3.62. The number of hydrogen-bond acceptors (Lipinski definition) is 7. The van der Waals surface area contributed by atoms with Crippen LogP contribution in [0.2, 0.25) is 0 Å². The molecule has 36 heavy (non-hydrogen) atoms. The second kappa shape index (κ2) is 10.6. The van der Waals surface area contributed by atoms with Crippen LogP contribution < -0.4 is 20.3 Å². The standard InChI is InChI=1S/C27H35N7O2/c1-18-14-20(31-26-22-15-25(33(2)3)28-16-23(22)29-17-30-26)8-9-24(18)36-21-10-12-34(13-11-21)27(35)32-19-6-4-5-7-19/h8-9,14-17,19,21H,4-7,10-13H2,1-3H3,(H,32,35)(H,29,30,31). The third kappa shape index (κ3) is 5.45. The minimum atomic E-state index is 0.0812. The maximum Gasteiger partial charge on any atom is 0.317 e. The van der Waals surface area contributed by atoms with E-state index in [0.717, 1.165) is 78.3 Å². The molecule has 190 valence electrons. The third-order valence-corrected chi connectivity index (χ3v) is 7.11. The number of amides is 2. The summed E-state index contributed by atoms with van der Waals surface area (Å²) >= 11 is 0. The zero-order valence-corrected chi connectivity index (χ0v) is 21.3. The quantitative estimate of drug-likeness (QED) is 0.521. The average molecular weight is 490 g/mol. The van der Waals surface area contributed by atoms with Crippen LogP contribution >= 0.6 is 0 Å². The molecule has 0 unspecified atom stereocenters. The summed E-state index contributed by atoms with van der Waals surface area (Å²) in [6, 6.07) is 8.51. The lowest BCUT2D eigenvalue weighted by atomic mass is 10.1. The van der Waals surface area contributed by atoms with Crippen molar-refractivity contribution in [3.05, 3.63) is 42.4 Å². The Bertz CT molecular complexity index is 1220. The number of ether oxygens (including phenoxy) is 1. The van der Waals surface area contributed by atoms with E-state index in [0.29, 0.717) is 6.04 Å². The van der Waals surface area contributed by atoms with Crippen LogP contribution in [0.4, 0.5) is 22.1 Å². The molecule has 1 aromatic carbocycles. The van der Waals surface area contributed by atoms with Crippen molar-refractivity contribution in [2.45, 2.75) is 57.6 Å². The molecule has 1 saturated heterocycles. The zero-order chi connectivity index (χ0) is 25.1. The Labute approximate surface area is 212 Å². The normalized spacial score (nSPS) is 16.8. The van der Waals surface area contributed by atoms with Gasteiger partial charge in [-0.3, -0.25) is 0 Å². The monoisotopic (exact) mass is 489 g/mol. The summed E-state index contributed by atoms with van der Waals surface area (Å²) in [5.41, 5.74) is 2.77. The van der Waals surface area contributed by atoms with Crippen molar-refractivity contribution >= 4 is 34.3 Å². The molecule has 0 radical (unpaired) electrons. The Morgan fingerprint density at radius 1 is 1.06 bits per heavy atom. The van der Waals surface area contributed by atoms with Crippen LogP contribution in [-0.4, -0.2) is 65.2 Å². The third-order valence-electron chi connectivity index (χ3n) is 7.11. The number of anilines is 3. The molecule has 2 fully saturated rings. The van der Waals surface area contributed by atoms with Crippen LogP contribution in [0.25, 0.3) is 10.9 Å². The summed E-state index contributed by atoms with van der Waals surface area (Å²) in [5, 5.41) is 7.54. The number of aromatic nitrogens is 3. The van der Waals surface area contributed by atoms with Crippen LogP contribution in [-0.2, 0) is 0 Å². The molecule has 2 amide bonds. The van der Waals surface area contributed by atoms with Crippen molar-refractivity contribution < 1.29 is 9.53 Å². The number of carbonyl (C=O) groups excluding carboxylic acids is 1. The van der Waals surface area contributed by atoms with E-state index in [1.165, 1.54) is 12.8 Å². The second-order valence-corrected chi connectivity index (χ2v) is 10.0. The number of nitrogens with zero attached hydrogens (tertiary/aromatic N) is 5. The summed E-state index contributed by atoms with van der Waals surface area (Å²) in [6.45, 7) is 3.51. The van der Waals surface area contributed by atoms with Crippen LogP contribution in [0.5, 0.6) is 5.75 Å². The van der Waals surface area contributed by atoms with Gasteiger partial charge in [-0.15, -0.1) is 0 Å². The maximum absolute atomic E-state index is 12.5. The molecule has 2 aromatic heterocycles. The molecule has 2 aliphatic rings. The number of nitrogens with one attached hydrogen (secondary N) is 2. The molecule has 3 heterocycles. The molecule has 1 aliphatic carbocycles. The molecule has 9 heteroatoms. The van der Waals surface area contributed by atoms with Gasteiger partial charge < -0.3 is 25.2 Å². The lowest BCUT2D eigenvalue weighted by Crippen LogP contribution is -2.48. The van der Waals surface area contributed by atoms with Gasteiger partial charge in [0.15, 0.2) is 0 Å². The van der Waals surface area contributed by atoms with Crippen LogP contribution in [0.3, 0.4) is 0 Å². The molecule has 5 rings (SSSR count). The highest BCUT2D eigenvalue weighted by Crippen LogP contribution is 2.29. The van der Waals surface area contributed by atoms with Crippen molar-refractivity contribution in [3.63, 3.8) is 0 Å². The van der Waals surface area contributed by atoms with Gasteiger partial charge in [-0.25, -0.2) is 19.7 Å². The van der Waals surface area contributed by atoms with Gasteiger partial charge in [-0.2, -0.15) is 0 Å².